The SMILES string of the molecule is CC(C)c1nc2cc(C(C)(C)CCC(C)(C)c3cnn(C(C)C)c3)ccc2s1. The highest BCUT2D eigenvalue weighted by Gasteiger charge is 2.28. The molecule has 0 atom stereocenters. The first-order valence-corrected chi connectivity index (χ1v) is 11.3. The number of hydrogen-bond acceptors (Lipinski definition) is 3. The lowest BCUT2D eigenvalue weighted by atomic mass is 9.73. The highest BCUT2D eigenvalue weighted by atomic mass is 32.1. The molecule has 152 valence electrons. The van der Waals surface area contributed by atoms with E-state index in [1.807, 2.05) is 17.5 Å². The molecule has 0 unspecified atom stereocenters. The highest BCUT2D eigenvalue weighted by Crippen LogP contribution is 2.38. The standard InChI is InChI=1S/C24H35N3S/c1-16(2)22-26-20-13-18(9-10-21(20)28-22)23(5,6)11-12-24(7,8)19-14-25-27(15-19)17(3)4/h9-10,13-17H,11-12H2,1-8H3. The van der Waals surface area contributed by atoms with Crippen molar-refractivity contribution < 1.29 is 0 Å². The molecule has 0 aliphatic carbocycles. The van der Waals surface area contributed by atoms with Crippen molar-refractivity contribution >= 4 is 21.6 Å². The first kappa shape index (κ1) is 21.0. The number of aromatic nitrogens is 3. The van der Waals surface area contributed by atoms with Gasteiger partial charge in [0.1, 0.15) is 0 Å². The fourth-order valence-corrected chi connectivity index (χ4v) is 4.45. The van der Waals surface area contributed by atoms with Gasteiger partial charge in [0.15, 0.2) is 0 Å². The molecule has 4 heteroatoms. The molecule has 0 fully saturated rings. The van der Waals surface area contributed by atoms with Crippen LogP contribution < -0.4 is 0 Å². The van der Waals surface area contributed by atoms with Gasteiger partial charge in [-0.3, -0.25) is 4.68 Å². The molecule has 0 amide bonds. The van der Waals surface area contributed by atoms with E-state index in [1.165, 1.54) is 20.8 Å². The normalized spacial score (nSPS) is 13.2. The topological polar surface area (TPSA) is 30.7 Å². The number of thiazole rings is 1. The minimum atomic E-state index is 0.111. The summed E-state index contributed by atoms with van der Waals surface area (Å²) in [7, 11) is 0. The summed E-state index contributed by atoms with van der Waals surface area (Å²) in [6, 6.07) is 7.27. The van der Waals surface area contributed by atoms with Crippen LogP contribution in [0, 0.1) is 0 Å². The Morgan fingerprint density at radius 1 is 0.964 bits per heavy atom. The summed E-state index contributed by atoms with van der Waals surface area (Å²) in [6.45, 7) is 18.2. The van der Waals surface area contributed by atoms with Crippen molar-refractivity contribution in [1.29, 1.82) is 0 Å². The van der Waals surface area contributed by atoms with E-state index in [9.17, 15) is 0 Å². The second kappa shape index (κ2) is 7.62. The fourth-order valence-electron chi connectivity index (χ4n) is 3.50. The van der Waals surface area contributed by atoms with E-state index in [0.717, 1.165) is 18.4 Å². The van der Waals surface area contributed by atoms with Crippen LogP contribution in [0.4, 0.5) is 0 Å². The molecule has 0 aliphatic rings. The molecule has 3 rings (SSSR count). The summed E-state index contributed by atoms with van der Waals surface area (Å²) in [5.74, 6) is 0.487. The van der Waals surface area contributed by atoms with Crippen LogP contribution >= 0.6 is 11.3 Å². The summed E-state index contributed by atoms with van der Waals surface area (Å²) >= 11 is 1.82. The molecule has 0 aliphatic heterocycles. The van der Waals surface area contributed by atoms with Crippen LogP contribution in [0.2, 0.25) is 0 Å². The average molecular weight is 398 g/mol. The summed E-state index contributed by atoms with van der Waals surface area (Å²) in [5.41, 5.74) is 4.08. The Bertz CT molecular complexity index is 944. The molecule has 0 N–H and O–H groups in total. The van der Waals surface area contributed by atoms with Crippen LogP contribution in [0.1, 0.15) is 96.3 Å². The van der Waals surface area contributed by atoms with E-state index in [4.69, 9.17) is 4.98 Å². The summed E-state index contributed by atoms with van der Waals surface area (Å²) in [4.78, 5) is 4.87. The number of rotatable bonds is 7. The summed E-state index contributed by atoms with van der Waals surface area (Å²) in [6.07, 6.45) is 6.50. The third kappa shape index (κ3) is 4.32. The Hall–Kier alpha value is -1.68. The molecule has 0 saturated heterocycles. The number of benzene rings is 1. The van der Waals surface area contributed by atoms with Gasteiger partial charge in [-0.05, 0) is 60.8 Å². The van der Waals surface area contributed by atoms with E-state index in [-0.39, 0.29) is 10.8 Å². The van der Waals surface area contributed by atoms with Crippen LogP contribution in [0.5, 0.6) is 0 Å². The molecular weight excluding hydrogens is 362 g/mol. The second-order valence-electron chi connectivity index (χ2n) is 9.96. The highest BCUT2D eigenvalue weighted by molar-refractivity contribution is 7.18. The lowest BCUT2D eigenvalue weighted by Gasteiger charge is -2.31. The van der Waals surface area contributed by atoms with Crippen molar-refractivity contribution in [3.8, 4) is 0 Å². The van der Waals surface area contributed by atoms with Gasteiger partial charge in [0, 0.05) is 18.2 Å². The Labute approximate surface area is 174 Å². The Kier molecular flexibility index (Phi) is 5.73. The van der Waals surface area contributed by atoms with Gasteiger partial charge >= 0.3 is 0 Å². The maximum atomic E-state index is 4.87. The van der Waals surface area contributed by atoms with Crippen molar-refractivity contribution in [3.63, 3.8) is 0 Å². The molecular formula is C24H35N3S. The zero-order valence-corrected chi connectivity index (χ0v) is 19.5. The zero-order valence-electron chi connectivity index (χ0n) is 18.7. The monoisotopic (exact) mass is 397 g/mol. The molecule has 3 aromatic rings. The van der Waals surface area contributed by atoms with Crippen LogP contribution in [0.3, 0.4) is 0 Å². The number of hydrogen-bond donors (Lipinski definition) is 0. The van der Waals surface area contributed by atoms with Crippen molar-refractivity contribution in [2.45, 2.75) is 91.0 Å². The lowest BCUT2D eigenvalue weighted by Crippen LogP contribution is -2.24. The van der Waals surface area contributed by atoms with Gasteiger partial charge in [0.2, 0.25) is 0 Å². The van der Waals surface area contributed by atoms with E-state index >= 15 is 0 Å². The second-order valence-corrected chi connectivity index (χ2v) is 11.0. The first-order chi connectivity index (χ1) is 13.0. The van der Waals surface area contributed by atoms with Crippen LogP contribution in [0.25, 0.3) is 10.2 Å². The summed E-state index contributed by atoms with van der Waals surface area (Å²) in [5, 5.41) is 5.77. The lowest BCUT2D eigenvalue weighted by molar-refractivity contribution is 0.374. The van der Waals surface area contributed by atoms with Crippen molar-refractivity contribution in [3.05, 3.63) is 46.7 Å². The molecule has 3 nitrogen and oxygen atoms in total. The average Bonchev–Trinajstić information content (AvgIpc) is 3.27. The molecule has 1 aromatic carbocycles. The smallest absolute Gasteiger partial charge is 0.0963 e. The maximum absolute atomic E-state index is 4.87. The van der Waals surface area contributed by atoms with Gasteiger partial charge in [-0.25, -0.2) is 4.98 Å². The quantitative estimate of drug-likeness (QED) is 0.421. The van der Waals surface area contributed by atoms with Gasteiger partial charge in [-0.1, -0.05) is 47.6 Å². The molecule has 0 spiro atoms. The van der Waals surface area contributed by atoms with Gasteiger partial charge in [0.05, 0.1) is 21.4 Å². The number of fused-ring (bicyclic) bond motifs is 1. The Morgan fingerprint density at radius 2 is 1.61 bits per heavy atom. The van der Waals surface area contributed by atoms with Crippen LogP contribution in [-0.2, 0) is 10.8 Å². The van der Waals surface area contributed by atoms with Gasteiger partial charge < -0.3 is 0 Å². The molecule has 0 radical (unpaired) electrons. The van der Waals surface area contributed by atoms with Crippen LogP contribution in [0.15, 0.2) is 30.6 Å². The number of nitrogens with zero attached hydrogens (tertiary/aromatic N) is 3. The van der Waals surface area contributed by atoms with E-state index in [0.29, 0.717) is 12.0 Å². The van der Waals surface area contributed by atoms with E-state index in [1.54, 1.807) is 0 Å². The van der Waals surface area contributed by atoms with E-state index < -0.39 is 0 Å². The van der Waals surface area contributed by atoms with Crippen LogP contribution in [-0.4, -0.2) is 14.8 Å². The predicted octanol–water partition coefficient (Wildman–Crippen LogP) is 7.23. The molecule has 28 heavy (non-hydrogen) atoms. The molecule has 2 aromatic heterocycles. The Balaban J connectivity index is 1.77. The Morgan fingerprint density at radius 3 is 2.18 bits per heavy atom. The maximum Gasteiger partial charge on any atom is 0.0963 e. The van der Waals surface area contributed by atoms with Gasteiger partial charge in [0.25, 0.3) is 0 Å². The first-order valence-electron chi connectivity index (χ1n) is 10.5. The minimum absolute atomic E-state index is 0.111. The van der Waals surface area contributed by atoms with Crippen molar-refractivity contribution in [2.75, 3.05) is 0 Å². The molecule has 0 saturated carbocycles. The third-order valence-electron chi connectivity index (χ3n) is 5.97. The fraction of sp³-hybridized carbons (Fsp3) is 0.583. The summed E-state index contributed by atoms with van der Waals surface area (Å²) < 4.78 is 3.36. The molecule has 0 bridgehead atoms. The molecule has 2 heterocycles. The minimum Gasteiger partial charge on any atom is -0.270 e. The van der Waals surface area contributed by atoms with Crippen molar-refractivity contribution in [2.24, 2.45) is 0 Å². The third-order valence-corrected chi connectivity index (χ3v) is 7.30. The predicted molar refractivity (Wildman–Crippen MR) is 122 cm³/mol. The largest absolute Gasteiger partial charge is 0.270 e. The zero-order chi connectivity index (χ0) is 20.7. The van der Waals surface area contributed by atoms with Gasteiger partial charge in [-0.2, -0.15) is 5.10 Å². The van der Waals surface area contributed by atoms with Crippen molar-refractivity contribution in [1.82, 2.24) is 14.8 Å². The van der Waals surface area contributed by atoms with E-state index in [2.05, 4.69) is 89.6 Å². The van der Waals surface area contributed by atoms with Gasteiger partial charge in [-0.15, -0.1) is 11.3 Å².